The Labute approximate surface area is 211 Å². The first-order valence-corrected chi connectivity index (χ1v) is 14.1. The predicted octanol–water partition coefficient (Wildman–Crippen LogP) is 5.12. The van der Waals surface area contributed by atoms with Gasteiger partial charge in [0.2, 0.25) is 12.5 Å². The number of aromatic nitrogens is 2. The van der Waals surface area contributed by atoms with E-state index in [1.165, 1.54) is 6.42 Å². The van der Waals surface area contributed by atoms with Crippen LogP contribution >= 0.6 is 19.6 Å². The van der Waals surface area contributed by atoms with Crippen molar-refractivity contribution in [2.75, 3.05) is 33.5 Å². The van der Waals surface area contributed by atoms with Gasteiger partial charge in [-0.1, -0.05) is 32.3 Å². The average Bonchev–Trinajstić information content (AvgIpc) is 3.20. The van der Waals surface area contributed by atoms with Gasteiger partial charge >= 0.3 is 14.0 Å². The van der Waals surface area contributed by atoms with E-state index in [2.05, 4.69) is 26.5 Å². The number of hydrogen-bond acceptors (Lipinski definition) is 10. The molecule has 1 aromatic rings. The lowest BCUT2D eigenvalue weighted by Gasteiger charge is -2.48. The molecule has 2 rings (SSSR count). The first kappa shape index (κ1) is 29.7. The Bertz CT molecular complexity index is 907. The fraction of sp³-hybridized carbons (Fsp3) is 0.773. The molecule has 1 aliphatic rings. The highest BCUT2D eigenvalue weighted by Crippen LogP contribution is 2.50. The van der Waals surface area contributed by atoms with Crippen LogP contribution in [0.3, 0.4) is 0 Å². The Kier molecular flexibility index (Phi) is 11.1. The van der Waals surface area contributed by atoms with E-state index in [1.54, 1.807) is 27.7 Å². The minimum Gasteiger partial charge on any atom is -0.475 e. The van der Waals surface area contributed by atoms with Crippen molar-refractivity contribution in [1.82, 2.24) is 8.75 Å². The van der Waals surface area contributed by atoms with Gasteiger partial charge in [-0.2, -0.15) is 4.37 Å². The van der Waals surface area contributed by atoms with Crippen LogP contribution in [0.25, 0.3) is 5.57 Å². The molecular formula is C22H39N3O8PS+. The summed E-state index contributed by atoms with van der Waals surface area (Å²) in [5.41, 5.74) is 0.527. The summed E-state index contributed by atoms with van der Waals surface area (Å²) in [6, 6.07) is 0. The minimum atomic E-state index is -4.55. The number of carbonyl (C=O) groups excluding carboxylic acids is 1. The zero-order valence-electron chi connectivity index (χ0n) is 21.5. The van der Waals surface area contributed by atoms with E-state index < -0.39 is 26.5 Å². The van der Waals surface area contributed by atoms with Crippen LogP contribution in [-0.4, -0.2) is 69.6 Å². The summed E-state index contributed by atoms with van der Waals surface area (Å²) in [6.07, 6.45) is 5.84. The molecule has 13 heteroatoms. The molecule has 1 aromatic heterocycles. The molecule has 0 bridgehead atoms. The molecule has 1 aliphatic heterocycles. The summed E-state index contributed by atoms with van der Waals surface area (Å²) in [5, 5.41) is 0. The first-order chi connectivity index (χ1) is 16.4. The molecule has 1 N–H and O–H groups in total. The van der Waals surface area contributed by atoms with Crippen molar-refractivity contribution < 1.29 is 42.0 Å². The number of rotatable bonds is 14. The summed E-state index contributed by atoms with van der Waals surface area (Å²) in [6.45, 7) is 9.89. The highest BCUT2D eigenvalue weighted by Gasteiger charge is 2.48. The standard InChI is InChI=1S/C22H38N3O8PS/c1-7-8-9-10-14-29-20-19(23-35-24-20)18-12-11-13-25(6,15-18)22(4,5)33-34(27,28)31-16-30-21(26)32-17(2)3/h12,17H,7-11,13-16H2,1-6H3/p+1. The van der Waals surface area contributed by atoms with Gasteiger partial charge < -0.3 is 19.1 Å². The van der Waals surface area contributed by atoms with Crippen LogP contribution in [0.5, 0.6) is 5.88 Å². The number of quaternary nitrogens is 1. The Morgan fingerprint density at radius 3 is 2.71 bits per heavy atom. The molecule has 0 saturated carbocycles. The number of ether oxygens (including phenoxy) is 3. The van der Waals surface area contributed by atoms with E-state index in [1.807, 2.05) is 7.05 Å². The van der Waals surface area contributed by atoms with Crippen molar-refractivity contribution in [2.45, 2.75) is 78.6 Å². The van der Waals surface area contributed by atoms with Gasteiger partial charge in [0.05, 0.1) is 38.0 Å². The largest absolute Gasteiger partial charge is 0.510 e. The smallest absolute Gasteiger partial charge is 0.475 e. The van der Waals surface area contributed by atoms with Crippen LogP contribution < -0.4 is 4.74 Å². The van der Waals surface area contributed by atoms with E-state index >= 15 is 0 Å². The van der Waals surface area contributed by atoms with Gasteiger partial charge in [0.15, 0.2) is 0 Å². The highest BCUT2D eigenvalue weighted by molar-refractivity contribution is 7.47. The van der Waals surface area contributed by atoms with Gasteiger partial charge in [-0.15, -0.1) is 4.37 Å². The zero-order chi connectivity index (χ0) is 26.1. The fourth-order valence-corrected chi connectivity index (χ4v) is 5.15. The molecule has 35 heavy (non-hydrogen) atoms. The number of phosphoric acid groups is 1. The fourth-order valence-electron chi connectivity index (χ4n) is 3.62. The predicted molar refractivity (Wildman–Crippen MR) is 132 cm³/mol. The number of carbonyl (C=O) groups is 1. The maximum atomic E-state index is 12.6. The van der Waals surface area contributed by atoms with Crippen molar-refractivity contribution in [3.05, 3.63) is 11.8 Å². The average molecular weight is 537 g/mol. The molecule has 0 spiro atoms. The van der Waals surface area contributed by atoms with Gasteiger partial charge in [0, 0.05) is 25.8 Å². The maximum absolute atomic E-state index is 12.6. The molecule has 0 radical (unpaired) electrons. The molecular weight excluding hydrogens is 497 g/mol. The monoisotopic (exact) mass is 536 g/mol. The van der Waals surface area contributed by atoms with E-state index in [-0.39, 0.29) is 10.6 Å². The topological polar surface area (TPSA) is 126 Å². The lowest BCUT2D eigenvalue weighted by molar-refractivity contribution is -0.970. The second-order valence-corrected chi connectivity index (χ2v) is 11.3. The summed E-state index contributed by atoms with van der Waals surface area (Å²) >= 11 is 1.10. The highest BCUT2D eigenvalue weighted by atomic mass is 32.1. The van der Waals surface area contributed by atoms with Crippen molar-refractivity contribution in [3.63, 3.8) is 0 Å². The second kappa shape index (κ2) is 13.1. The SMILES string of the molecule is CCCCCCOc1nsnc1C1=CCC[N+](C)(C(C)(C)OP(=O)(O)OCOC(=O)OC(C)C)C1. The van der Waals surface area contributed by atoms with Crippen molar-refractivity contribution in [2.24, 2.45) is 0 Å². The molecule has 2 unspecified atom stereocenters. The van der Waals surface area contributed by atoms with Gasteiger partial charge in [-0.3, -0.25) is 4.48 Å². The van der Waals surface area contributed by atoms with E-state index in [0.717, 1.165) is 36.6 Å². The first-order valence-electron chi connectivity index (χ1n) is 11.9. The molecule has 0 fully saturated rings. The molecule has 0 amide bonds. The van der Waals surface area contributed by atoms with Crippen molar-refractivity contribution in [1.29, 1.82) is 0 Å². The third-order valence-electron chi connectivity index (χ3n) is 5.90. The Morgan fingerprint density at radius 2 is 2.03 bits per heavy atom. The van der Waals surface area contributed by atoms with Crippen molar-refractivity contribution in [3.8, 4) is 5.88 Å². The number of hydrogen-bond donors (Lipinski definition) is 1. The van der Waals surface area contributed by atoms with E-state index in [9.17, 15) is 14.3 Å². The zero-order valence-corrected chi connectivity index (χ0v) is 23.2. The molecule has 0 aliphatic carbocycles. The number of unbranched alkanes of at least 4 members (excludes halogenated alkanes) is 3. The van der Waals surface area contributed by atoms with Gasteiger partial charge in [0.1, 0.15) is 12.2 Å². The summed E-state index contributed by atoms with van der Waals surface area (Å²) in [4.78, 5) is 21.7. The summed E-state index contributed by atoms with van der Waals surface area (Å²) in [5.74, 6) is 0.520. The lowest BCUT2D eigenvalue weighted by atomic mass is 10.0. The van der Waals surface area contributed by atoms with E-state index in [4.69, 9.17) is 18.5 Å². The number of nitrogens with zero attached hydrogens (tertiary/aromatic N) is 3. The second-order valence-electron chi connectivity index (χ2n) is 9.44. The minimum absolute atomic E-state index is 0.288. The Hall–Kier alpha value is -1.56. The van der Waals surface area contributed by atoms with Gasteiger partial charge in [-0.25, -0.2) is 18.4 Å². The molecule has 0 aromatic carbocycles. The van der Waals surface area contributed by atoms with Crippen LogP contribution in [0.4, 0.5) is 4.79 Å². The summed E-state index contributed by atoms with van der Waals surface area (Å²) in [7, 11) is -2.61. The van der Waals surface area contributed by atoms with Crippen LogP contribution in [-0.2, 0) is 23.1 Å². The molecule has 2 atom stereocenters. The van der Waals surface area contributed by atoms with Crippen LogP contribution in [0.15, 0.2) is 6.08 Å². The quantitative estimate of drug-likeness (QED) is 0.113. The van der Waals surface area contributed by atoms with Crippen molar-refractivity contribution >= 4 is 31.3 Å². The third kappa shape index (κ3) is 9.11. The van der Waals surface area contributed by atoms with Crippen LogP contribution in [0, 0.1) is 0 Å². The molecule has 11 nitrogen and oxygen atoms in total. The van der Waals surface area contributed by atoms with Gasteiger partial charge in [-0.05, 0) is 20.3 Å². The maximum Gasteiger partial charge on any atom is 0.510 e. The Balaban J connectivity index is 2.00. The normalized spacial score (nSPS) is 20.3. The number of likely N-dealkylation sites (N-methyl/N-ethyl adjacent to an activating group) is 1. The summed E-state index contributed by atoms with van der Waals surface area (Å²) < 4.78 is 47.4. The molecule has 0 saturated heterocycles. The Morgan fingerprint density at radius 1 is 1.29 bits per heavy atom. The van der Waals surface area contributed by atoms with Crippen LogP contribution in [0.1, 0.15) is 72.4 Å². The van der Waals surface area contributed by atoms with Gasteiger partial charge in [0.25, 0.3) is 5.88 Å². The third-order valence-corrected chi connectivity index (χ3v) is 7.52. The van der Waals surface area contributed by atoms with E-state index in [0.29, 0.717) is 37.7 Å². The lowest BCUT2D eigenvalue weighted by Crippen LogP contribution is -2.61. The van der Waals surface area contributed by atoms with Crippen LogP contribution in [0.2, 0.25) is 0 Å². The molecule has 2 heterocycles. The molecule has 200 valence electrons. The number of phosphoric ester groups is 1.